The molecular formula is C7H15NO3. The van der Waals surface area contributed by atoms with E-state index >= 15 is 0 Å². The predicted molar refractivity (Wildman–Crippen MR) is 39.8 cm³/mol. The summed E-state index contributed by atoms with van der Waals surface area (Å²) in [6.45, 7) is 3.38. The van der Waals surface area contributed by atoms with E-state index in [4.69, 9.17) is 15.1 Å². The van der Waals surface area contributed by atoms with E-state index in [1.54, 1.807) is 12.0 Å². The van der Waals surface area contributed by atoms with Gasteiger partial charge < -0.3 is 10.2 Å². The number of aliphatic hydroxyl groups is 2. The van der Waals surface area contributed by atoms with Crippen molar-refractivity contribution < 1.29 is 15.1 Å². The molecular weight excluding hydrogens is 146 g/mol. The molecule has 1 saturated heterocycles. The van der Waals surface area contributed by atoms with Crippen LogP contribution in [0.3, 0.4) is 0 Å². The molecule has 2 atom stereocenters. The zero-order chi connectivity index (χ0) is 8.27. The van der Waals surface area contributed by atoms with Crippen LogP contribution < -0.4 is 0 Å². The average Bonchev–Trinajstić information content (AvgIpc) is 2.31. The summed E-state index contributed by atoms with van der Waals surface area (Å²) in [7, 11) is 0. The Bertz CT molecular complexity index is 118. The van der Waals surface area contributed by atoms with Crippen LogP contribution >= 0.6 is 0 Å². The van der Waals surface area contributed by atoms with Gasteiger partial charge in [0.15, 0.2) is 0 Å². The van der Waals surface area contributed by atoms with Crippen LogP contribution in [0.2, 0.25) is 0 Å². The summed E-state index contributed by atoms with van der Waals surface area (Å²) in [6, 6.07) is 0. The molecule has 1 rings (SSSR count). The summed E-state index contributed by atoms with van der Waals surface area (Å²) in [5.41, 5.74) is 0. The van der Waals surface area contributed by atoms with Crippen molar-refractivity contribution in [3.8, 4) is 0 Å². The molecule has 1 aliphatic rings. The smallest absolute Gasteiger partial charge is 0.0958 e. The molecule has 0 aromatic heterocycles. The van der Waals surface area contributed by atoms with Crippen LogP contribution in [0, 0.1) is 0 Å². The number of hydrogen-bond acceptors (Lipinski definition) is 4. The lowest BCUT2D eigenvalue weighted by molar-refractivity contribution is -0.114. The van der Waals surface area contributed by atoms with Gasteiger partial charge in [0.2, 0.25) is 0 Å². The van der Waals surface area contributed by atoms with Crippen molar-refractivity contribution in [2.45, 2.75) is 25.6 Å². The number of hydroxylamine groups is 2. The van der Waals surface area contributed by atoms with Crippen LogP contribution in [0.25, 0.3) is 0 Å². The van der Waals surface area contributed by atoms with Crippen molar-refractivity contribution in [1.82, 2.24) is 5.06 Å². The Hall–Kier alpha value is -0.160. The topological polar surface area (TPSA) is 52.9 Å². The highest BCUT2D eigenvalue weighted by atomic mass is 16.7. The molecule has 1 unspecified atom stereocenters. The van der Waals surface area contributed by atoms with Gasteiger partial charge in [0.05, 0.1) is 25.4 Å². The summed E-state index contributed by atoms with van der Waals surface area (Å²) >= 11 is 0. The van der Waals surface area contributed by atoms with Crippen LogP contribution in [-0.2, 0) is 4.84 Å². The normalized spacial score (nSPS) is 29.2. The van der Waals surface area contributed by atoms with E-state index in [1.165, 1.54) is 0 Å². The summed E-state index contributed by atoms with van der Waals surface area (Å²) < 4.78 is 0. The number of hydrogen-bond donors (Lipinski definition) is 2. The monoisotopic (exact) mass is 161 g/mol. The second-order valence-electron chi connectivity index (χ2n) is 2.98. The van der Waals surface area contributed by atoms with Crippen LogP contribution in [0.15, 0.2) is 0 Å². The molecule has 0 bridgehead atoms. The SMILES string of the molecule is CC(O)CCN1C[C@@H](O)CO1. The summed E-state index contributed by atoms with van der Waals surface area (Å²) in [6.07, 6.45) is 0.0348. The first kappa shape index (κ1) is 8.93. The van der Waals surface area contributed by atoms with Crippen molar-refractivity contribution in [3.05, 3.63) is 0 Å². The first-order valence-electron chi connectivity index (χ1n) is 3.92. The summed E-state index contributed by atoms with van der Waals surface area (Å²) in [5.74, 6) is 0. The van der Waals surface area contributed by atoms with E-state index in [0.29, 0.717) is 26.1 Å². The van der Waals surface area contributed by atoms with Gasteiger partial charge in [-0.1, -0.05) is 0 Å². The lowest BCUT2D eigenvalue weighted by atomic mass is 10.3. The Labute approximate surface area is 66.3 Å². The van der Waals surface area contributed by atoms with Gasteiger partial charge in [0.1, 0.15) is 0 Å². The third-order valence-corrected chi connectivity index (χ3v) is 1.66. The van der Waals surface area contributed by atoms with Gasteiger partial charge in [-0.05, 0) is 13.3 Å². The van der Waals surface area contributed by atoms with Crippen molar-refractivity contribution in [2.24, 2.45) is 0 Å². The molecule has 4 nitrogen and oxygen atoms in total. The second kappa shape index (κ2) is 4.01. The van der Waals surface area contributed by atoms with E-state index in [1.807, 2.05) is 0 Å². The Morgan fingerprint density at radius 2 is 2.45 bits per heavy atom. The largest absolute Gasteiger partial charge is 0.393 e. The molecule has 0 aliphatic carbocycles. The minimum atomic E-state index is -0.357. The molecule has 0 aromatic carbocycles. The van der Waals surface area contributed by atoms with E-state index in [2.05, 4.69) is 0 Å². The molecule has 1 heterocycles. The van der Waals surface area contributed by atoms with E-state index in [0.717, 1.165) is 0 Å². The minimum absolute atomic E-state index is 0.295. The van der Waals surface area contributed by atoms with Crippen molar-refractivity contribution in [2.75, 3.05) is 19.7 Å². The van der Waals surface area contributed by atoms with E-state index < -0.39 is 0 Å². The fourth-order valence-corrected chi connectivity index (χ4v) is 1.02. The van der Waals surface area contributed by atoms with Gasteiger partial charge in [0, 0.05) is 6.54 Å². The molecule has 1 aliphatic heterocycles. The van der Waals surface area contributed by atoms with E-state index in [9.17, 15) is 0 Å². The zero-order valence-corrected chi connectivity index (χ0v) is 6.73. The molecule has 1 fully saturated rings. The minimum Gasteiger partial charge on any atom is -0.393 e. The molecule has 0 saturated carbocycles. The van der Waals surface area contributed by atoms with Crippen molar-refractivity contribution in [1.29, 1.82) is 0 Å². The van der Waals surface area contributed by atoms with Gasteiger partial charge in [-0.3, -0.25) is 4.84 Å². The number of nitrogens with zero attached hydrogens (tertiary/aromatic N) is 1. The van der Waals surface area contributed by atoms with Gasteiger partial charge >= 0.3 is 0 Å². The van der Waals surface area contributed by atoms with Crippen LogP contribution in [0.1, 0.15) is 13.3 Å². The Kier molecular flexibility index (Phi) is 3.26. The summed E-state index contributed by atoms with van der Waals surface area (Å²) in [5, 5.41) is 19.7. The predicted octanol–water partition coefficient (Wildman–Crippen LogP) is -0.635. The Balaban J connectivity index is 2.08. The van der Waals surface area contributed by atoms with Gasteiger partial charge in [0.25, 0.3) is 0 Å². The fraction of sp³-hybridized carbons (Fsp3) is 1.00. The molecule has 0 radical (unpaired) electrons. The molecule has 0 amide bonds. The maximum absolute atomic E-state index is 9.04. The highest BCUT2D eigenvalue weighted by molar-refractivity contribution is 4.64. The van der Waals surface area contributed by atoms with Crippen LogP contribution in [-0.4, -0.2) is 47.2 Å². The molecule has 0 spiro atoms. The van der Waals surface area contributed by atoms with Crippen LogP contribution in [0.4, 0.5) is 0 Å². The highest BCUT2D eigenvalue weighted by Crippen LogP contribution is 2.06. The van der Waals surface area contributed by atoms with Gasteiger partial charge in [-0.25, -0.2) is 0 Å². The zero-order valence-electron chi connectivity index (χ0n) is 6.73. The fourth-order valence-electron chi connectivity index (χ4n) is 1.02. The standard InChI is InChI=1S/C7H15NO3/c1-6(9)2-3-8-4-7(10)5-11-8/h6-7,9-10H,2-5H2,1H3/t6?,7-/m1/s1. The molecule has 2 N–H and O–H groups in total. The Morgan fingerprint density at radius 1 is 1.73 bits per heavy atom. The molecule has 4 heteroatoms. The lowest BCUT2D eigenvalue weighted by Gasteiger charge is -2.13. The highest BCUT2D eigenvalue weighted by Gasteiger charge is 2.20. The number of rotatable bonds is 3. The summed E-state index contributed by atoms with van der Waals surface area (Å²) in [4.78, 5) is 5.09. The maximum Gasteiger partial charge on any atom is 0.0958 e. The van der Waals surface area contributed by atoms with Gasteiger partial charge in [-0.2, -0.15) is 5.06 Å². The van der Waals surface area contributed by atoms with Crippen molar-refractivity contribution >= 4 is 0 Å². The molecule has 66 valence electrons. The molecule has 11 heavy (non-hydrogen) atoms. The maximum atomic E-state index is 9.04. The van der Waals surface area contributed by atoms with Gasteiger partial charge in [-0.15, -0.1) is 0 Å². The lowest BCUT2D eigenvalue weighted by Crippen LogP contribution is -2.24. The van der Waals surface area contributed by atoms with Crippen LogP contribution in [0.5, 0.6) is 0 Å². The second-order valence-corrected chi connectivity index (χ2v) is 2.98. The average molecular weight is 161 g/mol. The number of β-amino-alcohol motifs (C(OH)–C–C–N with tert-alkyl or cyclic N) is 1. The third kappa shape index (κ3) is 3.16. The Morgan fingerprint density at radius 3 is 2.91 bits per heavy atom. The van der Waals surface area contributed by atoms with Crippen molar-refractivity contribution in [3.63, 3.8) is 0 Å². The first-order valence-corrected chi connectivity index (χ1v) is 3.92. The quantitative estimate of drug-likeness (QED) is 0.578. The first-order chi connectivity index (χ1) is 5.18. The number of aliphatic hydroxyl groups excluding tert-OH is 2. The van der Waals surface area contributed by atoms with E-state index in [-0.39, 0.29) is 12.2 Å². The third-order valence-electron chi connectivity index (χ3n) is 1.66. The molecule has 0 aromatic rings.